The standard InChI is InChI=1S/C27H23N3O6/c1-3-35-26(34)28-20-10-11-21-18(13-23(31)36-22(21)14-20)15-30-24(32)27(2,29-25(30)33)19-9-8-16-6-4-5-7-17(16)12-19/h4-14H,3,15H2,1-2H3,(H,28,34)(H,29,33). The number of fused-ring (bicyclic) bond motifs is 2. The Morgan fingerprint density at radius 1 is 1.03 bits per heavy atom. The normalized spacial score (nSPS) is 17.4. The van der Waals surface area contributed by atoms with Crippen LogP contribution in [0, 0.1) is 0 Å². The van der Waals surface area contributed by atoms with Crippen LogP contribution in [0.1, 0.15) is 25.0 Å². The fourth-order valence-electron chi connectivity index (χ4n) is 4.43. The third-order valence-corrected chi connectivity index (χ3v) is 6.28. The first-order chi connectivity index (χ1) is 17.3. The van der Waals surface area contributed by atoms with E-state index in [4.69, 9.17) is 9.15 Å². The molecule has 0 radical (unpaired) electrons. The predicted molar refractivity (Wildman–Crippen MR) is 134 cm³/mol. The van der Waals surface area contributed by atoms with Gasteiger partial charge in [-0.15, -0.1) is 0 Å². The van der Waals surface area contributed by atoms with Crippen LogP contribution in [0.2, 0.25) is 0 Å². The lowest BCUT2D eigenvalue weighted by atomic mass is 9.90. The number of ether oxygens (including phenoxy) is 1. The van der Waals surface area contributed by atoms with Crippen LogP contribution in [-0.4, -0.2) is 29.5 Å². The van der Waals surface area contributed by atoms with Crippen LogP contribution in [0.4, 0.5) is 15.3 Å². The molecule has 1 aromatic heterocycles. The van der Waals surface area contributed by atoms with Crippen LogP contribution < -0.4 is 16.3 Å². The van der Waals surface area contributed by atoms with Gasteiger partial charge in [0.05, 0.1) is 13.2 Å². The largest absolute Gasteiger partial charge is 0.450 e. The number of imide groups is 1. The molecular weight excluding hydrogens is 462 g/mol. The minimum absolute atomic E-state index is 0.124. The van der Waals surface area contributed by atoms with Crippen molar-refractivity contribution in [2.75, 3.05) is 11.9 Å². The van der Waals surface area contributed by atoms with Crippen molar-refractivity contribution in [3.63, 3.8) is 0 Å². The van der Waals surface area contributed by atoms with E-state index in [0.29, 0.717) is 22.2 Å². The van der Waals surface area contributed by atoms with E-state index in [2.05, 4.69) is 10.6 Å². The van der Waals surface area contributed by atoms with Crippen molar-refractivity contribution in [3.05, 3.63) is 88.3 Å². The highest BCUT2D eigenvalue weighted by Gasteiger charge is 2.49. The summed E-state index contributed by atoms with van der Waals surface area (Å²) in [5.41, 5.74) is -0.219. The molecule has 4 aromatic rings. The third kappa shape index (κ3) is 4.04. The van der Waals surface area contributed by atoms with Crippen molar-refractivity contribution >= 4 is 45.5 Å². The average molecular weight is 485 g/mol. The van der Waals surface area contributed by atoms with E-state index >= 15 is 0 Å². The Labute approximate surface area is 205 Å². The first-order valence-electron chi connectivity index (χ1n) is 11.4. The SMILES string of the molecule is CCOC(=O)Nc1ccc2c(CN3C(=O)NC(C)(c4ccc5ccccc5c4)C3=O)cc(=O)oc2c1. The van der Waals surface area contributed by atoms with Crippen LogP contribution >= 0.6 is 0 Å². The van der Waals surface area contributed by atoms with Crippen molar-refractivity contribution in [1.29, 1.82) is 0 Å². The second-order valence-corrected chi connectivity index (χ2v) is 8.66. The van der Waals surface area contributed by atoms with Crippen molar-refractivity contribution in [2.45, 2.75) is 25.9 Å². The van der Waals surface area contributed by atoms with E-state index in [9.17, 15) is 19.2 Å². The summed E-state index contributed by atoms with van der Waals surface area (Å²) in [6, 6.07) is 18.9. The molecule has 9 heteroatoms. The van der Waals surface area contributed by atoms with Gasteiger partial charge in [0, 0.05) is 23.2 Å². The molecular formula is C27H23N3O6. The van der Waals surface area contributed by atoms with E-state index in [1.54, 1.807) is 26.0 Å². The molecule has 0 aliphatic carbocycles. The zero-order valence-corrected chi connectivity index (χ0v) is 19.7. The summed E-state index contributed by atoms with van der Waals surface area (Å²) in [6.45, 7) is 3.44. The molecule has 182 valence electrons. The summed E-state index contributed by atoms with van der Waals surface area (Å²) < 4.78 is 10.2. The molecule has 1 unspecified atom stereocenters. The number of rotatable bonds is 5. The molecule has 4 amide bonds. The van der Waals surface area contributed by atoms with Crippen LogP contribution in [-0.2, 0) is 21.6 Å². The summed E-state index contributed by atoms with van der Waals surface area (Å²) in [5.74, 6) is -0.426. The van der Waals surface area contributed by atoms with E-state index in [0.717, 1.165) is 15.7 Å². The van der Waals surface area contributed by atoms with Crippen LogP contribution in [0.3, 0.4) is 0 Å². The number of hydrogen-bond donors (Lipinski definition) is 2. The van der Waals surface area contributed by atoms with Gasteiger partial charge in [-0.3, -0.25) is 15.0 Å². The Hall–Kier alpha value is -4.66. The molecule has 1 atom stereocenters. The molecule has 3 aromatic carbocycles. The van der Waals surface area contributed by atoms with Crippen LogP contribution in [0.25, 0.3) is 21.7 Å². The lowest BCUT2D eigenvalue weighted by Crippen LogP contribution is -2.40. The average Bonchev–Trinajstić information content (AvgIpc) is 3.07. The van der Waals surface area contributed by atoms with E-state index in [1.165, 1.54) is 12.1 Å². The smallest absolute Gasteiger partial charge is 0.411 e. The maximum absolute atomic E-state index is 13.5. The van der Waals surface area contributed by atoms with Crippen molar-refractivity contribution < 1.29 is 23.5 Å². The van der Waals surface area contributed by atoms with Crippen LogP contribution in [0.15, 0.2) is 75.9 Å². The Balaban J connectivity index is 1.46. The highest BCUT2D eigenvalue weighted by molar-refractivity contribution is 6.07. The van der Waals surface area contributed by atoms with Gasteiger partial charge in [-0.25, -0.2) is 14.4 Å². The maximum Gasteiger partial charge on any atom is 0.411 e. The van der Waals surface area contributed by atoms with Crippen molar-refractivity contribution in [2.24, 2.45) is 0 Å². The topological polar surface area (TPSA) is 118 Å². The molecule has 2 N–H and O–H groups in total. The zero-order chi connectivity index (χ0) is 25.4. The van der Waals surface area contributed by atoms with Gasteiger partial charge >= 0.3 is 17.7 Å². The summed E-state index contributed by atoms with van der Waals surface area (Å²) in [7, 11) is 0. The first-order valence-corrected chi connectivity index (χ1v) is 11.4. The molecule has 9 nitrogen and oxygen atoms in total. The maximum atomic E-state index is 13.5. The molecule has 1 aliphatic heterocycles. The van der Waals surface area contributed by atoms with Gasteiger partial charge in [0.2, 0.25) is 0 Å². The van der Waals surface area contributed by atoms with Gasteiger partial charge in [-0.1, -0.05) is 36.4 Å². The van der Waals surface area contributed by atoms with Gasteiger partial charge < -0.3 is 14.5 Å². The Morgan fingerprint density at radius 2 is 1.81 bits per heavy atom. The molecule has 5 rings (SSSR count). The number of carbonyl (C=O) groups excluding carboxylic acids is 3. The number of benzene rings is 3. The Bertz CT molecular complexity index is 1590. The lowest BCUT2D eigenvalue weighted by molar-refractivity contribution is -0.131. The van der Waals surface area contributed by atoms with Gasteiger partial charge in [-0.2, -0.15) is 0 Å². The summed E-state index contributed by atoms with van der Waals surface area (Å²) in [5, 5.41) is 7.87. The third-order valence-electron chi connectivity index (χ3n) is 6.28. The van der Waals surface area contributed by atoms with E-state index < -0.39 is 29.2 Å². The number of nitrogens with one attached hydrogen (secondary N) is 2. The monoisotopic (exact) mass is 485 g/mol. The molecule has 1 saturated heterocycles. The van der Waals surface area contributed by atoms with Crippen molar-refractivity contribution in [1.82, 2.24) is 10.2 Å². The zero-order valence-electron chi connectivity index (χ0n) is 19.7. The molecule has 1 fully saturated rings. The van der Waals surface area contributed by atoms with Gasteiger partial charge in [-0.05, 0) is 53.9 Å². The molecule has 2 heterocycles. The van der Waals surface area contributed by atoms with Crippen LogP contribution in [0.5, 0.6) is 0 Å². The van der Waals surface area contributed by atoms with Gasteiger partial charge in [0.15, 0.2) is 0 Å². The summed E-state index contributed by atoms with van der Waals surface area (Å²) in [6.07, 6.45) is -0.636. The number of anilines is 1. The first kappa shape index (κ1) is 23.1. The fraction of sp³-hybridized carbons (Fsp3) is 0.185. The summed E-state index contributed by atoms with van der Waals surface area (Å²) >= 11 is 0. The fourth-order valence-corrected chi connectivity index (χ4v) is 4.43. The number of nitrogens with zero attached hydrogens (tertiary/aromatic N) is 1. The lowest BCUT2D eigenvalue weighted by Gasteiger charge is -2.23. The minimum atomic E-state index is -1.26. The van der Waals surface area contributed by atoms with Crippen molar-refractivity contribution in [3.8, 4) is 0 Å². The number of amides is 4. The minimum Gasteiger partial charge on any atom is -0.450 e. The van der Waals surface area contributed by atoms with Gasteiger partial charge in [0.25, 0.3) is 5.91 Å². The molecule has 0 saturated carbocycles. The van der Waals surface area contributed by atoms with E-state index in [-0.39, 0.29) is 18.7 Å². The molecule has 0 spiro atoms. The number of urea groups is 1. The predicted octanol–water partition coefficient (Wildman–Crippen LogP) is 4.48. The highest BCUT2D eigenvalue weighted by Crippen LogP contribution is 2.32. The second kappa shape index (κ2) is 8.84. The Morgan fingerprint density at radius 3 is 2.58 bits per heavy atom. The summed E-state index contributed by atoms with van der Waals surface area (Å²) in [4.78, 5) is 51.5. The molecule has 36 heavy (non-hydrogen) atoms. The second-order valence-electron chi connectivity index (χ2n) is 8.66. The molecule has 0 bridgehead atoms. The quantitative estimate of drug-likeness (QED) is 0.318. The Kier molecular flexibility index (Phi) is 5.68. The number of carbonyl (C=O) groups is 3. The van der Waals surface area contributed by atoms with Gasteiger partial charge in [0.1, 0.15) is 11.1 Å². The number of hydrogen-bond acceptors (Lipinski definition) is 6. The van der Waals surface area contributed by atoms with E-state index in [1.807, 2.05) is 42.5 Å². The molecule has 1 aliphatic rings. The highest BCUT2D eigenvalue weighted by atomic mass is 16.5.